The van der Waals surface area contributed by atoms with Gasteiger partial charge >= 0.3 is 5.97 Å². The highest BCUT2D eigenvalue weighted by atomic mass is 35.5. The molecule has 0 aliphatic carbocycles. The molecule has 0 radical (unpaired) electrons. The van der Waals surface area contributed by atoms with Crippen LogP contribution < -0.4 is 4.74 Å². The van der Waals surface area contributed by atoms with Gasteiger partial charge in [0, 0.05) is 21.4 Å². The number of hydrogen-bond acceptors (Lipinski definition) is 3. The normalized spacial score (nSPS) is 16.8. The lowest BCUT2D eigenvalue weighted by Crippen LogP contribution is -2.18. The average molecular weight is 411 g/mol. The number of rotatable bonds is 5. The number of hydrogen-bond donors (Lipinski definition) is 1. The highest BCUT2D eigenvalue weighted by Crippen LogP contribution is 2.41. The van der Waals surface area contributed by atoms with E-state index in [2.05, 4.69) is 24.3 Å². The van der Waals surface area contributed by atoms with Crippen LogP contribution >= 0.6 is 23.4 Å². The summed E-state index contributed by atoms with van der Waals surface area (Å²) in [7, 11) is 0. The number of aliphatic carboxylic acids is 1. The molecule has 3 aromatic rings. The first-order valence-corrected chi connectivity index (χ1v) is 10.5. The molecule has 5 heteroatoms. The van der Waals surface area contributed by atoms with Crippen molar-refractivity contribution in [2.75, 3.05) is 5.75 Å². The van der Waals surface area contributed by atoms with Crippen molar-refractivity contribution >= 4 is 29.3 Å². The minimum Gasteiger partial charge on any atom is -0.478 e. The highest BCUT2D eigenvalue weighted by Gasteiger charge is 2.25. The van der Waals surface area contributed by atoms with Crippen LogP contribution in [0.15, 0.2) is 77.7 Å². The lowest BCUT2D eigenvalue weighted by atomic mass is 9.89. The summed E-state index contributed by atoms with van der Waals surface area (Å²) in [5.74, 6) is 0.878. The second-order valence-electron chi connectivity index (χ2n) is 6.65. The molecule has 1 heterocycles. The van der Waals surface area contributed by atoms with Gasteiger partial charge in [-0.2, -0.15) is 0 Å². The van der Waals surface area contributed by atoms with Crippen LogP contribution in [0.5, 0.6) is 5.75 Å². The molecule has 4 rings (SSSR count). The number of thioether (sulfide) groups is 1. The number of carboxylic acid groups (broad SMARTS) is 1. The van der Waals surface area contributed by atoms with E-state index in [-0.39, 0.29) is 0 Å². The fourth-order valence-electron chi connectivity index (χ4n) is 3.54. The second kappa shape index (κ2) is 8.29. The fourth-order valence-corrected chi connectivity index (χ4v) is 4.90. The maximum atomic E-state index is 11.7. The Kier molecular flexibility index (Phi) is 5.60. The monoisotopic (exact) mass is 410 g/mol. The third-order valence-corrected chi connectivity index (χ3v) is 6.37. The molecule has 0 saturated heterocycles. The average Bonchev–Trinajstić information content (AvgIpc) is 2.72. The topological polar surface area (TPSA) is 46.5 Å². The molecule has 2 atom stereocenters. The van der Waals surface area contributed by atoms with E-state index in [4.69, 9.17) is 16.3 Å². The molecule has 142 valence electrons. The van der Waals surface area contributed by atoms with Crippen LogP contribution in [-0.4, -0.2) is 16.8 Å². The first-order valence-electron chi connectivity index (χ1n) is 9.09. The summed E-state index contributed by atoms with van der Waals surface area (Å²) in [6, 6.07) is 23.1. The zero-order valence-electron chi connectivity index (χ0n) is 15.0. The van der Waals surface area contributed by atoms with Gasteiger partial charge in [0.05, 0.1) is 0 Å². The number of ether oxygens (including phenoxy) is 1. The fraction of sp³-hybridized carbons (Fsp3) is 0.174. The summed E-state index contributed by atoms with van der Waals surface area (Å²) >= 11 is 8.06. The molecular weight excluding hydrogens is 392 g/mol. The summed E-state index contributed by atoms with van der Waals surface area (Å²) < 4.78 is 5.77. The third-order valence-electron chi connectivity index (χ3n) is 4.91. The van der Waals surface area contributed by atoms with E-state index in [0.29, 0.717) is 22.3 Å². The summed E-state index contributed by atoms with van der Waals surface area (Å²) in [5, 5.41) is 9.97. The van der Waals surface area contributed by atoms with Gasteiger partial charge in [-0.25, -0.2) is 4.79 Å². The Morgan fingerprint density at radius 1 is 1.04 bits per heavy atom. The zero-order chi connectivity index (χ0) is 19.5. The molecule has 3 nitrogen and oxygen atoms in total. The van der Waals surface area contributed by atoms with Gasteiger partial charge < -0.3 is 9.84 Å². The van der Waals surface area contributed by atoms with Crippen LogP contribution in [0, 0.1) is 0 Å². The number of fused-ring (bicyclic) bond motifs is 1. The van der Waals surface area contributed by atoms with Crippen LogP contribution in [0.25, 0.3) is 0 Å². The molecule has 1 aliphatic rings. The first-order chi connectivity index (χ1) is 13.6. The molecule has 0 aromatic heterocycles. The van der Waals surface area contributed by atoms with Crippen LogP contribution in [0.2, 0.25) is 5.02 Å². The summed E-state index contributed by atoms with van der Waals surface area (Å²) in [4.78, 5) is 13.1. The Morgan fingerprint density at radius 3 is 2.50 bits per heavy atom. The number of carbonyl (C=O) groups is 1. The van der Waals surface area contributed by atoms with Crippen molar-refractivity contribution in [1.29, 1.82) is 0 Å². The Bertz CT molecular complexity index is 987. The second-order valence-corrected chi connectivity index (χ2v) is 8.20. The van der Waals surface area contributed by atoms with Crippen molar-refractivity contribution < 1.29 is 14.6 Å². The third kappa shape index (κ3) is 3.89. The molecule has 0 spiro atoms. The van der Waals surface area contributed by atoms with Gasteiger partial charge in [0.1, 0.15) is 5.75 Å². The Hall–Kier alpha value is -2.43. The first kappa shape index (κ1) is 18.9. The molecule has 0 amide bonds. The predicted molar refractivity (Wildman–Crippen MR) is 113 cm³/mol. The smallest absolute Gasteiger partial charge is 0.349 e. The molecule has 28 heavy (non-hydrogen) atoms. The van der Waals surface area contributed by atoms with Crippen LogP contribution in [-0.2, 0) is 4.79 Å². The number of benzene rings is 3. The summed E-state index contributed by atoms with van der Waals surface area (Å²) in [6.45, 7) is 0. The summed E-state index contributed by atoms with van der Waals surface area (Å²) in [6.07, 6.45) is -0.0643. The van der Waals surface area contributed by atoms with Gasteiger partial charge in [-0.3, -0.25) is 0 Å². The largest absolute Gasteiger partial charge is 0.478 e. The van der Waals surface area contributed by atoms with Crippen molar-refractivity contribution in [3.63, 3.8) is 0 Å². The van der Waals surface area contributed by atoms with E-state index < -0.39 is 12.1 Å². The van der Waals surface area contributed by atoms with Gasteiger partial charge in [0.15, 0.2) is 0 Å². The highest BCUT2D eigenvalue weighted by molar-refractivity contribution is 7.99. The van der Waals surface area contributed by atoms with Crippen molar-refractivity contribution in [2.45, 2.75) is 23.3 Å². The molecule has 0 fully saturated rings. The van der Waals surface area contributed by atoms with Crippen molar-refractivity contribution in [2.24, 2.45) is 0 Å². The Balaban J connectivity index is 1.57. The minimum absolute atomic E-state index is 0.352. The van der Waals surface area contributed by atoms with Gasteiger partial charge in [-0.1, -0.05) is 60.1 Å². The lowest BCUT2D eigenvalue weighted by Gasteiger charge is -2.25. The molecule has 0 saturated carbocycles. The van der Waals surface area contributed by atoms with Crippen LogP contribution in [0.1, 0.15) is 35.1 Å². The number of halogens is 1. The maximum absolute atomic E-state index is 11.7. The van der Waals surface area contributed by atoms with E-state index in [1.165, 1.54) is 16.0 Å². The van der Waals surface area contributed by atoms with Crippen LogP contribution in [0.3, 0.4) is 0 Å². The minimum atomic E-state index is -1.15. The lowest BCUT2D eigenvalue weighted by molar-refractivity contribution is -0.145. The van der Waals surface area contributed by atoms with Crippen molar-refractivity contribution in [1.82, 2.24) is 0 Å². The SMILES string of the molecule is O=C(O)C(Oc1ccc(C2CCSc3ccccc32)cc1)c1ccccc1Cl. The standard InChI is InChI=1S/C23H19ClO3S/c24-20-7-3-1-6-19(20)22(23(25)26)27-16-11-9-15(10-12-16)17-13-14-28-21-8-4-2-5-18(17)21/h1-12,17,22H,13-14H2,(H,25,26). The van der Waals surface area contributed by atoms with Gasteiger partial charge in [0.2, 0.25) is 6.10 Å². The quantitative estimate of drug-likeness (QED) is 0.546. The van der Waals surface area contributed by atoms with E-state index in [1.807, 2.05) is 36.0 Å². The van der Waals surface area contributed by atoms with Crippen molar-refractivity contribution in [3.8, 4) is 5.75 Å². The zero-order valence-corrected chi connectivity index (χ0v) is 16.6. The molecule has 2 unspecified atom stereocenters. The van der Waals surface area contributed by atoms with E-state index in [0.717, 1.165) is 12.2 Å². The van der Waals surface area contributed by atoms with Gasteiger partial charge in [0.25, 0.3) is 0 Å². The number of carboxylic acids is 1. The van der Waals surface area contributed by atoms with Crippen molar-refractivity contribution in [3.05, 3.63) is 94.5 Å². The van der Waals surface area contributed by atoms with Gasteiger partial charge in [-0.05, 0) is 47.6 Å². The predicted octanol–water partition coefficient (Wildman–Crippen LogP) is 6.17. The van der Waals surface area contributed by atoms with E-state index in [1.54, 1.807) is 24.3 Å². The Morgan fingerprint density at radius 2 is 1.75 bits per heavy atom. The molecule has 0 bridgehead atoms. The Labute approximate surface area is 173 Å². The molecule has 1 N–H and O–H groups in total. The molecule has 1 aliphatic heterocycles. The summed E-state index contributed by atoms with van der Waals surface area (Å²) in [5.41, 5.74) is 3.01. The van der Waals surface area contributed by atoms with E-state index in [9.17, 15) is 9.90 Å². The molecular formula is C23H19ClO3S. The van der Waals surface area contributed by atoms with Crippen LogP contribution in [0.4, 0.5) is 0 Å². The molecule has 3 aromatic carbocycles. The maximum Gasteiger partial charge on any atom is 0.349 e. The van der Waals surface area contributed by atoms with Gasteiger partial charge in [-0.15, -0.1) is 11.8 Å². The van der Waals surface area contributed by atoms with E-state index >= 15 is 0 Å².